The van der Waals surface area contributed by atoms with Gasteiger partial charge in [-0.25, -0.2) is 0 Å². The van der Waals surface area contributed by atoms with Crippen LogP contribution in [0.3, 0.4) is 0 Å². The fourth-order valence-corrected chi connectivity index (χ4v) is 6.46. The molecule has 0 bridgehead atoms. The first-order valence-corrected chi connectivity index (χ1v) is 23.5. The summed E-state index contributed by atoms with van der Waals surface area (Å²) in [6, 6.07) is 0. The lowest BCUT2D eigenvalue weighted by Crippen LogP contribution is -2.28. The van der Waals surface area contributed by atoms with E-state index >= 15 is 0 Å². The van der Waals surface area contributed by atoms with Crippen molar-refractivity contribution in [1.29, 1.82) is 0 Å². The minimum atomic E-state index is -0.796. The van der Waals surface area contributed by atoms with Gasteiger partial charge in [-0.2, -0.15) is 0 Å². The number of esters is 2. The number of hydrogen-bond acceptors (Lipinski definition) is 5. The van der Waals surface area contributed by atoms with Crippen molar-refractivity contribution in [2.45, 2.75) is 225 Å². The van der Waals surface area contributed by atoms with Crippen LogP contribution in [0.25, 0.3) is 0 Å². The van der Waals surface area contributed by atoms with Crippen LogP contribution in [0.5, 0.6) is 0 Å². The van der Waals surface area contributed by atoms with Crippen LogP contribution in [-0.2, 0) is 19.1 Å². The number of allylic oxidation sites excluding steroid dienone is 12. The molecule has 5 nitrogen and oxygen atoms in total. The summed E-state index contributed by atoms with van der Waals surface area (Å²) in [6.45, 7) is 3.98. The summed E-state index contributed by atoms with van der Waals surface area (Å²) in [6.07, 6.45) is 62.8. The van der Waals surface area contributed by atoms with Crippen LogP contribution >= 0.6 is 0 Å². The lowest BCUT2D eigenvalue weighted by atomic mass is 10.0. The summed E-state index contributed by atoms with van der Waals surface area (Å²) in [7, 11) is 0. The van der Waals surface area contributed by atoms with E-state index in [9.17, 15) is 14.7 Å². The fourth-order valence-electron chi connectivity index (χ4n) is 6.46. The Labute approximate surface area is 346 Å². The van der Waals surface area contributed by atoms with Crippen LogP contribution in [0.1, 0.15) is 219 Å². The smallest absolute Gasteiger partial charge is 0.306 e. The minimum absolute atomic E-state index is 0.0847. The first-order valence-electron chi connectivity index (χ1n) is 23.5. The van der Waals surface area contributed by atoms with Gasteiger partial charge in [-0.3, -0.25) is 9.59 Å². The number of ether oxygens (including phenoxy) is 2. The maximum Gasteiger partial charge on any atom is 0.306 e. The average Bonchev–Trinajstić information content (AvgIpc) is 3.20. The molecule has 0 aliphatic heterocycles. The van der Waals surface area contributed by atoms with Crippen LogP contribution in [0.4, 0.5) is 0 Å². The molecule has 1 atom stereocenters. The molecular formula is C51H88O5. The van der Waals surface area contributed by atoms with E-state index in [2.05, 4.69) is 86.8 Å². The largest absolute Gasteiger partial charge is 0.462 e. The van der Waals surface area contributed by atoms with E-state index < -0.39 is 6.10 Å². The second-order valence-corrected chi connectivity index (χ2v) is 15.4. The van der Waals surface area contributed by atoms with Crippen LogP contribution in [0.15, 0.2) is 72.9 Å². The van der Waals surface area contributed by atoms with Crippen molar-refractivity contribution in [2.75, 3.05) is 13.2 Å². The Morgan fingerprint density at radius 1 is 0.429 bits per heavy atom. The van der Waals surface area contributed by atoms with E-state index in [0.29, 0.717) is 12.8 Å². The van der Waals surface area contributed by atoms with E-state index in [1.807, 2.05) is 0 Å². The van der Waals surface area contributed by atoms with Gasteiger partial charge in [0.15, 0.2) is 6.10 Å². The highest BCUT2D eigenvalue weighted by atomic mass is 16.6. The SMILES string of the molecule is CC/C=C\C/C=C\C/C=C\C/C=C\CCCCC(=O)OC(CO)COC(=O)CCCCCCCCCCCCCCCCC/C=C\C/C=C\CCCCCCC. The zero-order valence-corrected chi connectivity index (χ0v) is 36.6. The van der Waals surface area contributed by atoms with Crippen LogP contribution in [0.2, 0.25) is 0 Å². The zero-order chi connectivity index (χ0) is 40.7. The topological polar surface area (TPSA) is 72.8 Å². The zero-order valence-electron chi connectivity index (χ0n) is 36.6. The van der Waals surface area contributed by atoms with Crippen molar-refractivity contribution in [1.82, 2.24) is 0 Å². The average molecular weight is 781 g/mol. The summed E-state index contributed by atoms with van der Waals surface area (Å²) in [5, 5.41) is 9.58. The normalized spacial score (nSPS) is 12.8. The second-order valence-electron chi connectivity index (χ2n) is 15.4. The van der Waals surface area contributed by atoms with E-state index in [-0.39, 0.29) is 25.2 Å². The van der Waals surface area contributed by atoms with Crippen molar-refractivity contribution in [3.63, 3.8) is 0 Å². The quantitative estimate of drug-likeness (QED) is 0.0379. The molecular weight excluding hydrogens is 693 g/mol. The molecule has 0 fully saturated rings. The van der Waals surface area contributed by atoms with Crippen LogP contribution in [-0.4, -0.2) is 36.4 Å². The molecule has 0 aliphatic rings. The van der Waals surface area contributed by atoms with Gasteiger partial charge in [-0.15, -0.1) is 0 Å². The van der Waals surface area contributed by atoms with Gasteiger partial charge in [-0.1, -0.05) is 196 Å². The highest BCUT2D eigenvalue weighted by Gasteiger charge is 2.16. The molecule has 0 aromatic rings. The third-order valence-electron chi connectivity index (χ3n) is 9.98. The van der Waals surface area contributed by atoms with E-state index in [4.69, 9.17) is 9.47 Å². The molecule has 0 radical (unpaired) electrons. The van der Waals surface area contributed by atoms with Crippen molar-refractivity contribution < 1.29 is 24.2 Å². The van der Waals surface area contributed by atoms with Gasteiger partial charge in [0.25, 0.3) is 0 Å². The number of hydrogen-bond donors (Lipinski definition) is 1. The number of aliphatic hydroxyl groups excluding tert-OH is 1. The van der Waals surface area contributed by atoms with Crippen molar-refractivity contribution >= 4 is 11.9 Å². The lowest BCUT2D eigenvalue weighted by Gasteiger charge is -2.15. The summed E-state index contributed by atoms with van der Waals surface area (Å²) >= 11 is 0. The highest BCUT2D eigenvalue weighted by Crippen LogP contribution is 2.15. The third kappa shape index (κ3) is 44.1. The maximum atomic E-state index is 12.2. The van der Waals surface area contributed by atoms with Crippen LogP contribution < -0.4 is 0 Å². The highest BCUT2D eigenvalue weighted by molar-refractivity contribution is 5.70. The van der Waals surface area contributed by atoms with E-state index in [1.54, 1.807) is 0 Å². The Kier molecular flexibility index (Phi) is 44.5. The molecule has 0 aromatic heterocycles. The standard InChI is InChI=1S/C51H88O5/c1-3-5-7-9-11-13-15-17-19-20-21-22-23-24-25-26-27-28-29-30-32-33-35-37-39-41-43-45-50(53)55-48-49(47-52)56-51(54)46-44-42-40-38-36-34-31-18-16-14-12-10-8-6-4-2/h6,8,12,14-15,17-18,20-21,31,36,38,49,52H,3-5,7,9-11,13,16,19,22-30,32-35,37,39-48H2,1-2H3/b8-6-,14-12-,17-15-,21-20-,31-18-,38-36-. The third-order valence-corrected chi connectivity index (χ3v) is 9.98. The Bertz CT molecular complexity index is 1020. The van der Waals surface area contributed by atoms with Crippen LogP contribution in [0, 0.1) is 0 Å². The fraction of sp³-hybridized carbons (Fsp3) is 0.725. The monoisotopic (exact) mass is 781 g/mol. The molecule has 5 heteroatoms. The molecule has 1 N–H and O–H groups in total. The van der Waals surface area contributed by atoms with Gasteiger partial charge in [0.2, 0.25) is 0 Å². The van der Waals surface area contributed by atoms with Crippen molar-refractivity contribution in [3.8, 4) is 0 Å². The Balaban J connectivity index is 3.53. The van der Waals surface area contributed by atoms with E-state index in [1.165, 1.54) is 122 Å². The molecule has 0 aliphatic carbocycles. The van der Waals surface area contributed by atoms with Gasteiger partial charge in [0.05, 0.1) is 6.61 Å². The van der Waals surface area contributed by atoms with Gasteiger partial charge < -0.3 is 14.6 Å². The summed E-state index contributed by atoms with van der Waals surface area (Å²) in [4.78, 5) is 24.3. The number of unbranched alkanes of at least 4 members (excludes halogenated alkanes) is 22. The van der Waals surface area contributed by atoms with Gasteiger partial charge in [-0.05, 0) is 83.5 Å². The first-order chi connectivity index (χ1) is 27.6. The number of carbonyl (C=O) groups excluding carboxylic acids is 2. The predicted molar refractivity (Wildman–Crippen MR) is 242 cm³/mol. The van der Waals surface area contributed by atoms with Gasteiger partial charge in [0, 0.05) is 12.8 Å². The minimum Gasteiger partial charge on any atom is -0.462 e. The second kappa shape index (κ2) is 46.7. The lowest BCUT2D eigenvalue weighted by molar-refractivity contribution is -0.161. The molecule has 0 rings (SSSR count). The Hall–Kier alpha value is -2.66. The summed E-state index contributed by atoms with van der Waals surface area (Å²) in [5.74, 6) is -0.639. The number of carbonyl (C=O) groups is 2. The van der Waals surface area contributed by atoms with E-state index in [0.717, 1.165) is 70.6 Å². The molecule has 0 saturated heterocycles. The van der Waals surface area contributed by atoms with Gasteiger partial charge >= 0.3 is 11.9 Å². The molecule has 322 valence electrons. The van der Waals surface area contributed by atoms with Crippen molar-refractivity contribution in [2.24, 2.45) is 0 Å². The molecule has 0 spiro atoms. The molecule has 0 heterocycles. The summed E-state index contributed by atoms with van der Waals surface area (Å²) < 4.78 is 10.6. The predicted octanol–water partition coefficient (Wildman–Crippen LogP) is 15.3. The molecule has 0 aromatic carbocycles. The van der Waals surface area contributed by atoms with Gasteiger partial charge in [0.1, 0.15) is 6.61 Å². The Morgan fingerprint density at radius 3 is 1.20 bits per heavy atom. The number of aliphatic hydroxyl groups is 1. The molecule has 0 amide bonds. The first kappa shape index (κ1) is 53.3. The maximum absolute atomic E-state index is 12.2. The van der Waals surface area contributed by atoms with Crippen molar-refractivity contribution in [3.05, 3.63) is 72.9 Å². The molecule has 0 saturated carbocycles. The molecule has 1 unspecified atom stereocenters. The summed E-state index contributed by atoms with van der Waals surface area (Å²) in [5.41, 5.74) is 0. The number of rotatable bonds is 42. The Morgan fingerprint density at radius 2 is 0.768 bits per heavy atom. The molecule has 56 heavy (non-hydrogen) atoms.